The van der Waals surface area contributed by atoms with Crippen LogP contribution in [0.2, 0.25) is 0 Å². The summed E-state index contributed by atoms with van der Waals surface area (Å²) in [5.74, 6) is -2.28. The summed E-state index contributed by atoms with van der Waals surface area (Å²) in [5.41, 5.74) is 0. The van der Waals surface area contributed by atoms with Crippen molar-refractivity contribution in [2.75, 3.05) is 27.2 Å². The predicted octanol–water partition coefficient (Wildman–Crippen LogP) is 2.39. The molecule has 0 aliphatic carbocycles. The third-order valence-corrected chi connectivity index (χ3v) is 6.25. The van der Waals surface area contributed by atoms with Crippen LogP contribution in [0.25, 0.3) is 0 Å². The Hall–Kier alpha value is -0.100. The van der Waals surface area contributed by atoms with Crippen LogP contribution in [0.5, 0.6) is 0 Å². The molecule has 34 heavy (non-hydrogen) atoms. The number of quaternary nitrogens is 1. The molecule has 0 aromatic carbocycles. The summed E-state index contributed by atoms with van der Waals surface area (Å²) >= 11 is 0. The van der Waals surface area contributed by atoms with Gasteiger partial charge in [0.05, 0.1) is 27.2 Å². The van der Waals surface area contributed by atoms with E-state index in [1.54, 1.807) is 0 Å². The van der Waals surface area contributed by atoms with Crippen LogP contribution in [0, 0.1) is 0 Å². The van der Waals surface area contributed by atoms with Gasteiger partial charge >= 0.3 is 29.6 Å². The van der Waals surface area contributed by atoms with E-state index in [9.17, 15) is 19.8 Å². The minimum atomic E-state index is -1.14. The van der Waals surface area contributed by atoms with Crippen molar-refractivity contribution < 1.29 is 53.8 Å². The van der Waals surface area contributed by atoms with Crippen LogP contribution in [-0.4, -0.2) is 43.6 Å². The fourth-order valence-electron chi connectivity index (χ4n) is 4.00. The molecular weight excluding hydrogens is 437 g/mol. The molecule has 0 aromatic rings. The van der Waals surface area contributed by atoms with Crippen molar-refractivity contribution in [2.24, 2.45) is 0 Å². The maximum Gasteiger partial charge on any atom is 1.00 e. The van der Waals surface area contributed by atoms with Gasteiger partial charge in [-0.05, 0) is 51.4 Å². The van der Waals surface area contributed by atoms with E-state index < -0.39 is 11.9 Å². The summed E-state index contributed by atoms with van der Waals surface area (Å²) in [4.78, 5) is 19.5. The smallest absolute Gasteiger partial charge is 0.550 e. The minimum absolute atomic E-state index is 0. The largest absolute Gasteiger partial charge is 1.00 e. The van der Waals surface area contributed by atoms with Crippen molar-refractivity contribution in [1.29, 1.82) is 0 Å². The van der Waals surface area contributed by atoms with Crippen molar-refractivity contribution in [2.45, 2.75) is 142 Å². The molecule has 5 nitrogen and oxygen atoms in total. The Morgan fingerprint density at radius 2 is 0.765 bits per heavy atom. The van der Waals surface area contributed by atoms with Crippen LogP contribution in [-0.2, 0) is 9.59 Å². The molecule has 0 atom stereocenters. The first-order valence-corrected chi connectivity index (χ1v) is 14.0. The second kappa shape index (κ2) is 29.1. The summed E-state index contributed by atoms with van der Waals surface area (Å²) in [6, 6.07) is 0. The normalized spacial score (nSPS) is 10.8. The van der Waals surface area contributed by atoms with Crippen molar-refractivity contribution >= 4 is 11.9 Å². The van der Waals surface area contributed by atoms with Gasteiger partial charge in [0, 0.05) is 11.9 Å². The first-order chi connectivity index (χ1) is 15.7. The summed E-state index contributed by atoms with van der Waals surface area (Å²) < 4.78 is 1.24. The number of rotatable bonds is 23. The van der Waals surface area contributed by atoms with Crippen LogP contribution in [0.3, 0.4) is 0 Å². The van der Waals surface area contributed by atoms with Gasteiger partial charge in [-0.25, -0.2) is 0 Å². The van der Waals surface area contributed by atoms with Crippen LogP contribution in [0.4, 0.5) is 0 Å². The summed E-state index contributed by atoms with van der Waals surface area (Å²) in [7, 11) is 4.87. The van der Waals surface area contributed by atoms with Gasteiger partial charge in [-0.15, -0.1) is 0 Å². The maximum absolute atomic E-state index is 9.77. The Morgan fingerprint density at radius 1 is 0.500 bits per heavy atom. The van der Waals surface area contributed by atoms with Crippen LogP contribution >= 0.6 is 0 Å². The maximum atomic E-state index is 9.77. The molecule has 198 valence electrons. The Morgan fingerprint density at radius 3 is 1.03 bits per heavy atom. The molecule has 0 radical (unpaired) electrons. The molecule has 0 rings (SSSR count). The molecular formula is C28H56NNaO4. The zero-order valence-electron chi connectivity index (χ0n) is 23.6. The molecule has 0 aromatic heterocycles. The Kier molecular flexibility index (Phi) is 32.9. The Bertz CT molecular complexity index is 406. The van der Waals surface area contributed by atoms with Gasteiger partial charge in [0.1, 0.15) is 0 Å². The van der Waals surface area contributed by atoms with E-state index in [0.29, 0.717) is 12.8 Å². The average molecular weight is 494 g/mol. The van der Waals surface area contributed by atoms with E-state index in [4.69, 9.17) is 0 Å². The number of nitrogens with zero attached hydrogens (tertiary/aromatic N) is 1. The molecule has 0 heterocycles. The summed E-state index contributed by atoms with van der Waals surface area (Å²) in [5, 5.41) is 19.5. The van der Waals surface area contributed by atoms with Gasteiger partial charge in [-0.3, -0.25) is 0 Å². The van der Waals surface area contributed by atoms with Crippen molar-refractivity contribution in [3.63, 3.8) is 0 Å². The Balaban J connectivity index is -0.000000736. The predicted molar refractivity (Wildman–Crippen MR) is 136 cm³/mol. The molecule has 0 aliphatic rings. The number of carboxylic acids is 2. The molecule has 0 N–H and O–H groups in total. The number of unbranched alkanes of at least 4 members (excludes halogenated alkanes) is 15. The first-order valence-electron chi connectivity index (χ1n) is 14.0. The van der Waals surface area contributed by atoms with E-state index >= 15 is 0 Å². The van der Waals surface area contributed by atoms with E-state index in [0.717, 1.165) is 0 Å². The molecule has 0 fully saturated rings. The van der Waals surface area contributed by atoms with E-state index in [1.807, 2.05) is 0 Å². The zero-order chi connectivity index (χ0) is 25.2. The van der Waals surface area contributed by atoms with Gasteiger partial charge < -0.3 is 24.3 Å². The standard InChI is InChI=1S/C22H48N.C6H10O4.Na/c1-5-7-9-11-13-15-17-19-21-23(3,4)22-20-18-16-14-12-10-8-6-2;7-5(8)3-1-2-4-6(9)10;/h5-22H2,1-4H3;1-4H2,(H,7,8)(H,9,10);/q+1;;+1/p-2. The van der Waals surface area contributed by atoms with Gasteiger partial charge in [0.25, 0.3) is 0 Å². The van der Waals surface area contributed by atoms with E-state index in [-0.39, 0.29) is 42.4 Å². The third-order valence-electron chi connectivity index (χ3n) is 6.25. The number of carbonyl (C=O) groups is 2. The monoisotopic (exact) mass is 493 g/mol. The number of carbonyl (C=O) groups excluding carboxylic acids is 2. The van der Waals surface area contributed by atoms with Crippen molar-refractivity contribution in [3.8, 4) is 0 Å². The average Bonchev–Trinajstić information content (AvgIpc) is 2.75. The molecule has 0 spiro atoms. The SMILES string of the molecule is CCCCCCCCCC[N+](C)(C)CCCCCCCCCC.O=C([O-])CCCCC(=O)[O-].[Na+]. The zero-order valence-corrected chi connectivity index (χ0v) is 25.6. The van der Waals surface area contributed by atoms with Crippen LogP contribution in [0.1, 0.15) is 142 Å². The Labute approximate surface area is 234 Å². The number of aliphatic carboxylic acids is 2. The minimum Gasteiger partial charge on any atom is -0.550 e. The van der Waals surface area contributed by atoms with Gasteiger partial charge in [0.2, 0.25) is 0 Å². The van der Waals surface area contributed by atoms with Gasteiger partial charge in [-0.1, -0.05) is 90.9 Å². The second-order valence-electron chi connectivity index (χ2n) is 10.3. The molecule has 0 saturated carbocycles. The molecule has 0 bridgehead atoms. The molecule has 0 aliphatic heterocycles. The molecule has 0 amide bonds. The van der Waals surface area contributed by atoms with Crippen LogP contribution < -0.4 is 39.8 Å². The van der Waals surface area contributed by atoms with Gasteiger partial charge in [0.15, 0.2) is 0 Å². The second-order valence-corrected chi connectivity index (χ2v) is 10.3. The van der Waals surface area contributed by atoms with Crippen molar-refractivity contribution in [3.05, 3.63) is 0 Å². The number of carboxylic acid groups (broad SMARTS) is 2. The quantitative estimate of drug-likeness (QED) is 0.124. The van der Waals surface area contributed by atoms with Crippen LogP contribution in [0.15, 0.2) is 0 Å². The molecule has 0 unspecified atom stereocenters. The molecule has 0 saturated heterocycles. The summed E-state index contributed by atoms with van der Waals surface area (Å²) in [6.07, 6.45) is 23.6. The fourth-order valence-corrected chi connectivity index (χ4v) is 4.00. The first kappa shape index (κ1) is 38.4. The number of hydrogen-bond acceptors (Lipinski definition) is 4. The van der Waals surface area contributed by atoms with E-state index in [1.165, 1.54) is 120 Å². The third kappa shape index (κ3) is 36.5. The van der Waals surface area contributed by atoms with Gasteiger partial charge in [-0.2, -0.15) is 0 Å². The summed E-state index contributed by atoms with van der Waals surface area (Å²) in [6.45, 7) is 7.36. The van der Waals surface area contributed by atoms with Crippen molar-refractivity contribution in [1.82, 2.24) is 0 Å². The fraction of sp³-hybridized carbons (Fsp3) is 0.929. The molecule has 6 heteroatoms. The topological polar surface area (TPSA) is 80.3 Å². The van der Waals surface area contributed by atoms with E-state index in [2.05, 4.69) is 27.9 Å². The number of hydrogen-bond donors (Lipinski definition) is 0.